The molecule has 1 aliphatic heterocycles. The van der Waals surface area contributed by atoms with Crippen molar-refractivity contribution in [1.82, 2.24) is 0 Å². The number of aromatic hydroxyl groups is 1. The van der Waals surface area contributed by atoms with Crippen LogP contribution in [0.2, 0.25) is 0 Å². The molecule has 21 heavy (non-hydrogen) atoms. The van der Waals surface area contributed by atoms with E-state index < -0.39 is 0 Å². The van der Waals surface area contributed by atoms with E-state index in [0.29, 0.717) is 0 Å². The van der Waals surface area contributed by atoms with Gasteiger partial charge in [-0.15, -0.1) is 0 Å². The van der Waals surface area contributed by atoms with E-state index in [-0.39, 0.29) is 11.7 Å². The van der Waals surface area contributed by atoms with Gasteiger partial charge >= 0.3 is 0 Å². The van der Waals surface area contributed by atoms with E-state index in [9.17, 15) is 9.90 Å². The molecule has 0 atom stereocenters. The van der Waals surface area contributed by atoms with Crippen LogP contribution >= 0.6 is 0 Å². The molecule has 0 radical (unpaired) electrons. The molecule has 1 N–H and O–H groups in total. The minimum atomic E-state index is 0.0739. The fourth-order valence-corrected chi connectivity index (χ4v) is 2.55. The monoisotopic (exact) mass is 280 g/mol. The Labute approximate surface area is 123 Å². The summed E-state index contributed by atoms with van der Waals surface area (Å²) in [5, 5.41) is 9.42. The predicted molar refractivity (Wildman–Crippen MR) is 83.5 cm³/mol. The number of rotatable bonds is 2. The van der Waals surface area contributed by atoms with E-state index in [2.05, 4.69) is 4.99 Å². The van der Waals surface area contributed by atoms with Gasteiger partial charge in [-0.05, 0) is 47.9 Å². The summed E-state index contributed by atoms with van der Waals surface area (Å²) in [4.78, 5) is 17.7. The Morgan fingerprint density at radius 1 is 1.29 bits per heavy atom. The molecule has 0 aliphatic carbocycles. The van der Waals surface area contributed by atoms with E-state index in [1.807, 2.05) is 24.3 Å². The second-order valence-corrected chi connectivity index (χ2v) is 5.09. The number of carbonyl (C=O) groups excluding carboxylic acids is 1. The fraction of sp³-hybridized carbons (Fsp3) is 0.176. The zero-order valence-electron chi connectivity index (χ0n) is 11.8. The lowest BCUT2D eigenvalue weighted by molar-refractivity contribution is -0.116. The van der Waals surface area contributed by atoms with E-state index in [4.69, 9.17) is 0 Å². The number of aliphatic imine (C=N–C) groups is 1. The fourth-order valence-electron chi connectivity index (χ4n) is 2.55. The Kier molecular flexibility index (Phi) is 3.44. The normalized spacial score (nSPS) is 13.7. The molecule has 1 amide bonds. The molecule has 2 aromatic rings. The van der Waals surface area contributed by atoms with Crippen molar-refractivity contribution in [1.29, 1.82) is 0 Å². The van der Waals surface area contributed by atoms with Crippen LogP contribution in [-0.4, -0.2) is 23.8 Å². The smallest absolute Gasteiger partial charge is 0.223 e. The number of hydrogen-bond donors (Lipinski definition) is 1. The lowest BCUT2D eigenvalue weighted by Gasteiger charge is -2.14. The maximum Gasteiger partial charge on any atom is 0.223 e. The number of carbonyl (C=O) groups is 1. The molecular formula is C17H16N2O2. The molecule has 0 saturated carbocycles. The summed E-state index contributed by atoms with van der Waals surface area (Å²) < 4.78 is 0. The first-order chi connectivity index (χ1) is 10.1. The van der Waals surface area contributed by atoms with Gasteiger partial charge in [-0.2, -0.15) is 0 Å². The average Bonchev–Trinajstić information content (AvgIpc) is 2.88. The maximum absolute atomic E-state index is 11.5. The summed E-state index contributed by atoms with van der Waals surface area (Å²) in [7, 11) is 0. The molecule has 0 saturated heterocycles. The van der Waals surface area contributed by atoms with E-state index in [1.54, 1.807) is 36.2 Å². The van der Waals surface area contributed by atoms with Gasteiger partial charge in [-0.3, -0.25) is 9.79 Å². The number of anilines is 1. The Morgan fingerprint density at radius 3 is 2.90 bits per heavy atom. The van der Waals surface area contributed by atoms with Crippen LogP contribution in [0.5, 0.6) is 5.75 Å². The number of fused-ring (bicyclic) bond motifs is 1. The molecule has 3 rings (SSSR count). The third-order valence-electron chi connectivity index (χ3n) is 3.57. The topological polar surface area (TPSA) is 52.9 Å². The Hall–Kier alpha value is -2.62. The van der Waals surface area contributed by atoms with Gasteiger partial charge in [0.1, 0.15) is 5.75 Å². The number of hydrogen-bond acceptors (Lipinski definition) is 3. The van der Waals surface area contributed by atoms with E-state index >= 15 is 0 Å². The van der Waals surface area contributed by atoms with Gasteiger partial charge < -0.3 is 10.0 Å². The summed E-state index contributed by atoms with van der Waals surface area (Å²) in [6, 6.07) is 12.8. The van der Waals surface area contributed by atoms with Gasteiger partial charge in [0.2, 0.25) is 5.91 Å². The Bertz CT molecular complexity index is 722. The predicted octanol–water partition coefficient (Wildman–Crippen LogP) is 3.05. The lowest BCUT2D eigenvalue weighted by Crippen LogP contribution is -2.25. The molecule has 0 fully saturated rings. The van der Waals surface area contributed by atoms with Crippen molar-refractivity contribution in [3.63, 3.8) is 0 Å². The third-order valence-corrected chi connectivity index (χ3v) is 3.57. The highest BCUT2D eigenvalue weighted by atomic mass is 16.3. The first-order valence-corrected chi connectivity index (χ1v) is 6.87. The van der Waals surface area contributed by atoms with Crippen LogP contribution in [0.3, 0.4) is 0 Å². The van der Waals surface area contributed by atoms with Crippen molar-refractivity contribution in [2.24, 2.45) is 4.99 Å². The summed E-state index contributed by atoms with van der Waals surface area (Å²) in [5.41, 5.74) is 3.83. The third kappa shape index (κ3) is 2.79. The second-order valence-electron chi connectivity index (χ2n) is 5.09. The number of phenolic OH excluding ortho intramolecular Hbond substituents is 1. The minimum absolute atomic E-state index is 0.0739. The molecule has 0 bridgehead atoms. The van der Waals surface area contributed by atoms with Gasteiger partial charge in [0.25, 0.3) is 0 Å². The number of amides is 1. The molecule has 0 aromatic heterocycles. The van der Waals surface area contributed by atoms with Crippen LogP contribution < -0.4 is 4.90 Å². The van der Waals surface area contributed by atoms with Gasteiger partial charge in [-0.25, -0.2) is 0 Å². The quantitative estimate of drug-likeness (QED) is 0.860. The van der Waals surface area contributed by atoms with Crippen LogP contribution in [0.4, 0.5) is 11.4 Å². The van der Waals surface area contributed by atoms with Crippen molar-refractivity contribution in [2.75, 3.05) is 11.4 Å². The number of phenols is 1. The van der Waals surface area contributed by atoms with Crippen molar-refractivity contribution in [2.45, 2.75) is 13.3 Å². The van der Waals surface area contributed by atoms with Crippen LogP contribution in [-0.2, 0) is 11.2 Å². The number of benzene rings is 2. The molecule has 4 heteroatoms. The van der Waals surface area contributed by atoms with Crippen molar-refractivity contribution < 1.29 is 9.90 Å². The Balaban J connectivity index is 1.84. The molecule has 106 valence electrons. The zero-order chi connectivity index (χ0) is 14.8. The highest BCUT2D eigenvalue weighted by molar-refractivity contribution is 5.94. The molecule has 1 heterocycles. The second kappa shape index (κ2) is 5.40. The molecule has 2 aromatic carbocycles. The summed E-state index contributed by atoms with van der Waals surface area (Å²) in [5.74, 6) is 0.301. The summed E-state index contributed by atoms with van der Waals surface area (Å²) in [6.45, 7) is 2.33. The molecule has 0 spiro atoms. The Morgan fingerprint density at radius 2 is 2.14 bits per heavy atom. The van der Waals surface area contributed by atoms with E-state index in [0.717, 1.165) is 35.5 Å². The van der Waals surface area contributed by atoms with Crippen molar-refractivity contribution in [3.8, 4) is 5.75 Å². The zero-order valence-corrected chi connectivity index (χ0v) is 11.8. The van der Waals surface area contributed by atoms with Crippen LogP contribution in [0.1, 0.15) is 18.1 Å². The van der Waals surface area contributed by atoms with Crippen LogP contribution in [0, 0.1) is 0 Å². The standard InChI is InChI=1S/C17H16N2O2/c1-12(20)19-8-7-14-10-15(5-6-17(14)19)18-11-13-3-2-4-16(21)9-13/h2-6,9-11,21H,7-8H2,1H3. The van der Waals surface area contributed by atoms with E-state index in [1.165, 1.54) is 0 Å². The SMILES string of the molecule is CC(=O)N1CCc2cc(N=Cc3cccc(O)c3)ccc21. The first kappa shape index (κ1) is 13.4. The molecule has 1 aliphatic rings. The average molecular weight is 280 g/mol. The maximum atomic E-state index is 11.5. The van der Waals surface area contributed by atoms with Crippen molar-refractivity contribution >= 4 is 23.5 Å². The molecular weight excluding hydrogens is 264 g/mol. The summed E-state index contributed by atoms with van der Waals surface area (Å²) >= 11 is 0. The highest BCUT2D eigenvalue weighted by Gasteiger charge is 2.21. The van der Waals surface area contributed by atoms with Crippen molar-refractivity contribution in [3.05, 3.63) is 53.6 Å². The highest BCUT2D eigenvalue weighted by Crippen LogP contribution is 2.31. The molecule has 4 nitrogen and oxygen atoms in total. The summed E-state index contributed by atoms with van der Waals surface area (Å²) in [6.07, 6.45) is 2.59. The van der Waals surface area contributed by atoms with Gasteiger partial charge in [0.05, 0.1) is 5.69 Å². The lowest BCUT2D eigenvalue weighted by atomic mass is 10.1. The van der Waals surface area contributed by atoms with Crippen LogP contribution in [0.15, 0.2) is 47.5 Å². The minimum Gasteiger partial charge on any atom is -0.508 e. The van der Waals surface area contributed by atoms with Crippen LogP contribution in [0.25, 0.3) is 0 Å². The number of nitrogens with zero attached hydrogens (tertiary/aromatic N) is 2. The van der Waals surface area contributed by atoms with Gasteiger partial charge in [0.15, 0.2) is 0 Å². The van der Waals surface area contributed by atoms with Gasteiger partial charge in [0, 0.05) is 25.4 Å². The van der Waals surface area contributed by atoms with Gasteiger partial charge in [-0.1, -0.05) is 12.1 Å². The molecule has 0 unspecified atom stereocenters. The largest absolute Gasteiger partial charge is 0.508 e. The first-order valence-electron chi connectivity index (χ1n) is 6.87.